The predicted octanol–water partition coefficient (Wildman–Crippen LogP) is 6.95. The van der Waals surface area contributed by atoms with Crippen LogP contribution in [0.3, 0.4) is 0 Å². The monoisotopic (exact) mass is 919 g/mol. The Balaban J connectivity index is 1.49. The average molecular weight is 920 g/mol. The molecule has 2 fully saturated rings. The van der Waals surface area contributed by atoms with Crippen LogP contribution >= 0.6 is 0 Å². The van der Waals surface area contributed by atoms with E-state index in [2.05, 4.69) is 128 Å². The van der Waals surface area contributed by atoms with Gasteiger partial charge in [0.1, 0.15) is 42.4 Å². The van der Waals surface area contributed by atoms with E-state index in [0.29, 0.717) is 11.2 Å². The lowest BCUT2D eigenvalue weighted by molar-refractivity contribution is -0.196. The molecular formula is C46H69N5O9Si3. The Morgan fingerprint density at radius 1 is 0.730 bits per heavy atom. The number of ether oxygens (including phenoxy) is 4. The van der Waals surface area contributed by atoms with Gasteiger partial charge < -0.3 is 38.0 Å². The number of rotatable bonds is 13. The molecule has 0 amide bonds. The number of nitrogen functional groups attached to an aromatic ring is 1. The van der Waals surface area contributed by atoms with E-state index < -0.39 is 84.9 Å². The summed E-state index contributed by atoms with van der Waals surface area (Å²) in [5.74, 6) is -0.784. The maximum atomic E-state index is 15.6. The summed E-state index contributed by atoms with van der Waals surface area (Å²) in [6.45, 7) is 27.8. The van der Waals surface area contributed by atoms with Crippen molar-refractivity contribution in [1.82, 2.24) is 19.5 Å². The summed E-state index contributed by atoms with van der Waals surface area (Å²) in [6, 6.07) is 20.2. The number of esters is 1. The molecule has 6 rings (SSSR count). The first-order valence-corrected chi connectivity index (χ1v) is 29.5. The summed E-state index contributed by atoms with van der Waals surface area (Å²) < 4.78 is 49.4. The van der Waals surface area contributed by atoms with Crippen LogP contribution < -0.4 is 16.1 Å². The second-order valence-electron chi connectivity index (χ2n) is 20.9. The molecule has 2 N–H and O–H groups in total. The highest BCUT2D eigenvalue weighted by atomic mass is 28.4. The molecule has 2 aromatic heterocycles. The Kier molecular flexibility index (Phi) is 13.9. The van der Waals surface area contributed by atoms with Gasteiger partial charge in [0, 0.05) is 13.5 Å². The molecule has 0 bridgehead atoms. The summed E-state index contributed by atoms with van der Waals surface area (Å²) >= 11 is 0. The van der Waals surface area contributed by atoms with Crippen molar-refractivity contribution in [1.29, 1.82) is 0 Å². The van der Waals surface area contributed by atoms with Crippen LogP contribution in [0.5, 0.6) is 0 Å². The molecule has 2 saturated heterocycles. The number of hydrogen-bond acceptors (Lipinski definition) is 13. The minimum absolute atomic E-state index is 0.00895. The van der Waals surface area contributed by atoms with Gasteiger partial charge in [-0.3, -0.25) is 9.36 Å². The fraction of sp³-hybridized carbons (Fsp3) is 0.587. The quantitative estimate of drug-likeness (QED) is 0.108. The second kappa shape index (κ2) is 18.0. The number of carbonyl (C=O) groups is 2. The molecule has 17 heteroatoms. The van der Waals surface area contributed by atoms with E-state index in [1.54, 1.807) is 18.0 Å². The van der Waals surface area contributed by atoms with Crippen LogP contribution in [0.15, 0.2) is 73.3 Å². The zero-order valence-corrected chi connectivity index (χ0v) is 42.8. The second-order valence-corrected chi connectivity index (χ2v) is 34.7. The average Bonchev–Trinajstić information content (AvgIpc) is 3.79. The van der Waals surface area contributed by atoms with E-state index in [1.807, 2.05) is 36.4 Å². The summed E-state index contributed by atoms with van der Waals surface area (Å²) in [4.78, 5) is 43.1. The highest BCUT2D eigenvalue weighted by Gasteiger charge is 2.61. The Hall–Kier alpha value is -3.66. The topological polar surface area (TPSA) is 168 Å². The number of aromatic nitrogens is 4. The van der Waals surface area contributed by atoms with Crippen molar-refractivity contribution >= 4 is 64.1 Å². The largest absolute Gasteiger partial charge is 0.467 e. The number of benzene rings is 2. The van der Waals surface area contributed by atoms with Crippen LogP contribution in [0.1, 0.15) is 75.0 Å². The molecule has 8 atom stereocenters. The molecule has 4 aromatic rings. The molecule has 0 spiro atoms. The van der Waals surface area contributed by atoms with Crippen LogP contribution in [0, 0.1) is 0 Å². The van der Waals surface area contributed by atoms with Gasteiger partial charge in [0.25, 0.3) is 8.32 Å². The third-order valence-corrected chi connectivity index (χ3v) is 27.8. The number of fused-ring (bicyclic) bond motifs is 1. The molecule has 0 aliphatic carbocycles. The first kappa shape index (κ1) is 48.8. The van der Waals surface area contributed by atoms with Crippen molar-refractivity contribution in [2.24, 2.45) is 0 Å². The summed E-state index contributed by atoms with van der Waals surface area (Å²) in [5, 5.41) is 0.973. The molecule has 63 heavy (non-hydrogen) atoms. The van der Waals surface area contributed by atoms with Gasteiger partial charge in [-0.15, -0.1) is 0 Å². The van der Waals surface area contributed by atoms with E-state index in [9.17, 15) is 4.79 Å². The lowest BCUT2D eigenvalue weighted by Crippen LogP contribution is -2.72. The number of nitrogens with two attached hydrogens (primary N) is 1. The number of Topliss-reactive ketones (excluding diaryl/α,β-unsaturated/α-hetero) is 1. The van der Waals surface area contributed by atoms with Crippen molar-refractivity contribution in [2.75, 3.05) is 20.0 Å². The van der Waals surface area contributed by atoms with Gasteiger partial charge in [-0.1, -0.05) is 123 Å². The van der Waals surface area contributed by atoms with Gasteiger partial charge in [0.05, 0.1) is 19.5 Å². The van der Waals surface area contributed by atoms with E-state index in [-0.39, 0.29) is 28.1 Å². The van der Waals surface area contributed by atoms with Crippen molar-refractivity contribution in [2.45, 2.75) is 159 Å². The fourth-order valence-electron chi connectivity index (χ4n) is 8.24. The van der Waals surface area contributed by atoms with Crippen LogP contribution in [0.25, 0.3) is 11.2 Å². The van der Waals surface area contributed by atoms with Crippen molar-refractivity contribution in [3.63, 3.8) is 0 Å². The summed E-state index contributed by atoms with van der Waals surface area (Å²) in [7, 11) is -5.76. The molecule has 14 nitrogen and oxygen atoms in total. The molecule has 2 aliphatic heterocycles. The first-order valence-electron chi connectivity index (χ1n) is 21.8. The van der Waals surface area contributed by atoms with Gasteiger partial charge in [0.15, 0.2) is 46.2 Å². The van der Waals surface area contributed by atoms with Crippen LogP contribution in [-0.2, 0) is 41.8 Å². The van der Waals surface area contributed by atoms with Crippen LogP contribution in [0.4, 0.5) is 5.82 Å². The van der Waals surface area contributed by atoms with Gasteiger partial charge in [-0.25, -0.2) is 19.7 Å². The summed E-state index contributed by atoms with van der Waals surface area (Å²) in [6.07, 6.45) is -4.81. The number of carbonyl (C=O) groups excluding carboxylic acids is 2. The molecule has 344 valence electrons. The molecule has 0 saturated carbocycles. The predicted molar refractivity (Wildman–Crippen MR) is 251 cm³/mol. The Morgan fingerprint density at radius 3 is 1.79 bits per heavy atom. The smallest absolute Gasteiger partial charge is 0.337 e. The van der Waals surface area contributed by atoms with E-state index in [0.717, 1.165) is 10.4 Å². The van der Waals surface area contributed by atoms with E-state index in [1.165, 1.54) is 13.4 Å². The van der Waals surface area contributed by atoms with Gasteiger partial charge in [0.2, 0.25) is 0 Å². The Labute approximate surface area is 376 Å². The normalized spacial score (nSPS) is 25.4. The maximum Gasteiger partial charge on any atom is 0.337 e. The molecule has 4 heterocycles. The van der Waals surface area contributed by atoms with Crippen molar-refractivity contribution < 1.29 is 41.8 Å². The number of hydrogen-bond donors (Lipinski definition) is 1. The van der Waals surface area contributed by atoms with Gasteiger partial charge in [-0.05, 0) is 51.7 Å². The molecule has 2 aliphatic rings. The van der Waals surface area contributed by atoms with E-state index in [4.69, 9.17) is 38.0 Å². The van der Waals surface area contributed by atoms with Crippen LogP contribution in [0.2, 0.25) is 41.3 Å². The zero-order chi connectivity index (χ0) is 46.5. The first-order chi connectivity index (χ1) is 29.3. The number of imidazole rings is 1. The Morgan fingerprint density at radius 2 is 1.29 bits per heavy atom. The third kappa shape index (κ3) is 9.27. The van der Waals surface area contributed by atoms with Crippen LogP contribution in [-0.4, -0.2) is 113 Å². The number of methoxy groups -OCH3 is 2. The van der Waals surface area contributed by atoms with Gasteiger partial charge >= 0.3 is 5.97 Å². The molecule has 0 unspecified atom stereocenters. The molecule has 0 radical (unpaired) electrons. The number of anilines is 1. The zero-order valence-electron chi connectivity index (χ0n) is 39.8. The van der Waals surface area contributed by atoms with E-state index >= 15 is 4.79 Å². The van der Waals surface area contributed by atoms with Crippen molar-refractivity contribution in [3.05, 3.63) is 73.3 Å². The number of nitrogens with zero attached hydrogens (tertiary/aromatic N) is 4. The maximum absolute atomic E-state index is 15.6. The Bertz CT molecular complexity index is 2180. The highest BCUT2D eigenvalue weighted by molar-refractivity contribution is 6.99. The van der Waals surface area contributed by atoms with Gasteiger partial charge in [-0.2, -0.15) is 0 Å². The highest BCUT2D eigenvalue weighted by Crippen LogP contribution is 2.46. The molecular weight excluding hydrogens is 851 g/mol. The SMILES string of the molecule is COC(=O)[C@H]1O[C@H](C[C@H]2O[C@@H](n3cnc4c(N)ncnc43)[C@H](OC)[C@H]2O[Si](C)(C)C(C)(C)C)C(=O)[C@@H](O[Si](C)(C)C(C)(C)C)[C@@H]1O[Si](c1ccccc1)(c1ccccc1)C(C)(C)C. The number of ketones is 1. The standard InChI is InChI=1S/C46H69N5O9Si3/c1-44(2,3)61(12,13)58-35-32(57-42(38(35)54-10)51-28-50-33-40(47)48-27-49-41(33)51)26-31-34(52)36(59-62(14,15)45(4,5)6)37(39(56-31)43(53)55-11)60-63(46(7,8)9,29-22-18-16-19-23-29)30-24-20-17-21-25-30/h16-25,27-28,31-32,35-39,42H,26H2,1-15H3,(H2,47,48,49)/t31-,32-,35+,36-,37+,38-,39+,42-/m1/s1. The fourth-order valence-corrected chi connectivity index (χ4v) is 15.5. The lowest BCUT2D eigenvalue weighted by Gasteiger charge is -2.51. The molecule has 2 aromatic carbocycles. The van der Waals surface area contributed by atoms with Crippen molar-refractivity contribution in [3.8, 4) is 0 Å². The minimum atomic E-state index is -3.41. The third-order valence-electron chi connectivity index (χ3n) is 13.8. The lowest BCUT2D eigenvalue weighted by atomic mass is 9.92. The summed E-state index contributed by atoms with van der Waals surface area (Å²) in [5.41, 5.74) is 7.09. The minimum Gasteiger partial charge on any atom is -0.467 e.